The number of amides is 1. The Kier molecular flexibility index (Phi) is 5.10. The van der Waals surface area contributed by atoms with Crippen LogP contribution in [0.5, 0.6) is 0 Å². The number of furan rings is 1. The van der Waals surface area contributed by atoms with Gasteiger partial charge in [0.05, 0.1) is 0 Å². The second-order valence-corrected chi connectivity index (χ2v) is 6.98. The molecule has 4 rings (SSSR count). The predicted octanol–water partition coefficient (Wildman–Crippen LogP) is 4.83. The average molecular weight is 402 g/mol. The molecule has 2 aromatic heterocycles. The zero-order chi connectivity index (χ0) is 20.2. The first kappa shape index (κ1) is 18.5. The van der Waals surface area contributed by atoms with Crippen LogP contribution in [0.15, 0.2) is 70.5 Å². The fourth-order valence-electron chi connectivity index (χ4n) is 2.93. The van der Waals surface area contributed by atoms with E-state index in [-0.39, 0.29) is 11.4 Å². The highest BCUT2D eigenvalue weighted by Gasteiger charge is 2.19. The number of hydrogen-bond acceptors (Lipinski definition) is 6. The topological polar surface area (TPSA) is 92.3 Å². The summed E-state index contributed by atoms with van der Waals surface area (Å²) in [4.78, 5) is 25.2. The predicted molar refractivity (Wildman–Crippen MR) is 110 cm³/mol. The van der Waals surface area contributed by atoms with E-state index in [0.717, 1.165) is 11.1 Å². The molecule has 0 spiro atoms. The van der Waals surface area contributed by atoms with Crippen molar-refractivity contribution in [2.75, 3.05) is 11.9 Å². The summed E-state index contributed by atoms with van der Waals surface area (Å²) >= 11 is 1.25. The number of carbonyl (C=O) groups excluding carboxylic acids is 2. The number of nitrogens with one attached hydrogen (secondary N) is 1. The molecule has 0 saturated carbocycles. The summed E-state index contributed by atoms with van der Waals surface area (Å²) < 4.78 is 10.6. The number of thiophene rings is 1. The van der Waals surface area contributed by atoms with Crippen molar-refractivity contribution in [3.05, 3.63) is 76.7 Å². The van der Waals surface area contributed by atoms with Crippen molar-refractivity contribution < 1.29 is 18.7 Å². The maximum absolute atomic E-state index is 12.5. The van der Waals surface area contributed by atoms with Crippen molar-refractivity contribution >= 4 is 39.9 Å². The summed E-state index contributed by atoms with van der Waals surface area (Å²) in [5.74, 6) is -1.14. The number of carbonyl (C=O) groups is 2. The minimum absolute atomic E-state index is 0.00417. The second kappa shape index (κ2) is 8.00. The molecule has 0 aliphatic carbocycles. The SMILES string of the molecule is N#Cc1oc2ccccc2c1NC(=O)COC(=O)c1sccc1-c1ccccc1. The van der Waals surface area contributed by atoms with Crippen molar-refractivity contribution in [2.45, 2.75) is 0 Å². The van der Waals surface area contributed by atoms with Crippen molar-refractivity contribution in [2.24, 2.45) is 0 Å². The van der Waals surface area contributed by atoms with Gasteiger partial charge >= 0.3 is 5.97 Å². The Labute approximate surface area is 170 Å². The summed E-state index contributed by atoms with van der Waals surface area (Å²) in [6.07, 6.45) is 0. The van der Waals surface area contributed by atoms with Gasteiger partial charge in [0.1, 0.15) is 22.2 Å². The van der Waals surface area contributed by atoms with Crippen LogP contribution in [0, 0.1) is 11.3 Å². The molecule has 0 aliphatic heterocycles. The minimum atomic E-state index is -0.577. The molecule has 4 aromatic rings. The van der Waals surface area contributed by atoms with Crippen LogP contribution >= 0.6 is 11.3 Å². The standard InChI is InChI=1S/C22H14N2O4S/c23-12-18-20(16-8-4-5-9-17(16)28-18)24-19(25)13-27-22(26)21-15(10-11-29-21)14-6-2-1-3-7-14/h1-11H,13H2,(H,24,25). The lowest BCUT2D eigenvalue weighted by Crippen LogP contribution is -2.21. The van der Waals surface area contributed by atoms with Gasteiger partial charge in [0.25, 0.3) is 5.91 Å². The van der Waals surface area contributed by atoms with Crippen LogP contribution in [-0.4, -0.2) is 18.5 Å². The quantitative estimate of drug-likeness (QED) is 0.483. The van der Waals surface area contributed by atoms with Crippen molar-refractivity contribution in [1.29, 1.82) is 5.26 Å². The van der Waals surface area contributed by atoms with E-state index < -0.39 is 18.5 Å². The summed E-state index contributed by atoms with van der Waals surface area (Å²) in [6.45, 7) is -0.477. The number of rotatable bonds is 5. The number of hydrogen-bond donors (Lipinski definition) is 1. The van der Waals surface area contributed by atoms with Gasteiger partial charge in [-0.25, -0.2) is 4.79 Å². The Morgan fingerprint density at radius 2 is 1.83 bits per heavy atom. The molecule has 2 aromatic carbocycles. The molecule has 0 bridgehead atoms. The Bertz CT molecular complexity index is 1230. The number of benzene rings is 2. The van der Waals surface area contributed by atoms with Gasteiger partial charge < -0.3 is 14.5 Å². The van der Waals surface area contributed by atoms with Crippen LogP contribution in [0.1, 0.15) is 15.4 Å². The number of fused-ring (bicyclic) bond motifs is 1. The molecule has 2 heterocycles. The van der Waals surface area contributed by atoms with Gasteiger partial charge in [-0.3, -0.25) is 4.79 Å². The first-order valence-electron chi connectivity index (χ1n) is 8.69. The minimum Gasteiger partial charge on any atom is -0.451 e. The van der Waals surface area contributed by atoms with E-state index >= 15 is 0 Å². The highest BCUT2D eigenvalue weighted by atomic mass is 32.1. The zero-order valence-electron chi connectivity index (χ0n) is 15.0. The first-order valence-corrected chi connectivity index (χ1v) is 9.57. The molecule has 0 atom stereocenters. The lowest BCUT2D eigenvalue weighted by molar-refractivity contribution is -0.119. The third kappa shape index (κ3) is 3.74. The summed E-state index contributed by atoms with van der Waals surface area (Å²) in [7, 11) is 0. The molecule has 0 saturated heterocycles. The monoisotopic (exact) mass is 402 g/mol. The van der Waals surface area contributed by atoms with E-state index in [2.05, 4.69) is 5.32 Å². The number of anilines is 1. The van der Waals surface area contributed by atoms with Gasteiger partial charge in [0, 0.05) is 10.9 Å². The zero-order valence-corrected chi connectivity index (χ0v) is 15.9. The number of nitriles is 1. The molecule has 0 unspecified atom stereocenters. The molecular formula is C22H14N2O4S. The fourth-order valence-corrected chi connectivity index (χ4v) is 3.74. The van der Waals surface area contributed by atoms with Crippen molar-refractivity contribution in [3.8, 4) is 17.2 Å². The van der Waals surface area contributed by atoms with Crippen LogP contribution in [0.25, 0.3) is 22.1 Å². The smallest absolute Gasteiger partial charge is 0.349 e. The van der Waals surface area contributed by atoms with Crippen LogP contribution < -0.4 is 5.32 Å². The maximum atomic E-state index is 12.5. The Morgan fingerprint density at radius 3 is 2.62 bits per heavy atom. The Hall–Kier alpha value is -3.89. The van der Waals surface area contributed by atoms with Gasteiger partial charge in [0.2, 0.25) is 5.76 Å². The first-order chi connectivity index (χ1) is 14.2. The number of ether oxygens (including phenoxy) is 1. The van der Waals surface area contributed by atoms with E-state index in [4.69, 9.17) is 9.15 Å². The molecule has 1 N–H and O–H groups in total. The van der Waals surface area contributed by atoms with Crippen LogP contribution in [0.2, 0.25) is 0 Å². The molecule has 7 heteroatoms. The number of esters is 1. The van der Waals surface area contributed by atoms with E-state index in [1.165, 1.54) is 11.3 Å². The second-order valence-electron chi connectivity index (χ2n) is 6.07. The van der Waals surface area contributed by atoms with Gasteiger partial charge in [-0.05, 0) is 29.1 Å². The van der Waals surface area contributed by atoms with E-state index in [1.54, 1.807) is 29.6 Å². The molecule has 6 nitrogen and oxygen atoms in total. The molecule has 0 fully saturated rings. The van der Waals surface area contributed by atoms with Gasteiger partial charge in [-0.15, -0.1) is 11.3 Å². The summed E-state index contributed by atoms with van der Waals surface area (Å²) in [5.41, 5.74) is 2.41. The third-order valence-corrected chi connectivity index (χ3v) is 5.13. The Balaban J connectivity index is 1.46. The maximum Gasteiger partial charge on any atom is 0.349 e. The highest BCUT2D eigenvalue weighted by molar-refractivity contribution is 7.12. The normalized spacial score (nSPS) is 10.4. The molecule has 29 heavy (non-hydrogen) atoms. The van der Waals surface area contributed by atoms with E-state index in [1.807, 2.05) is 42.5 Å². The number of nitrogens with zero attached hydrogens (tertiary/aromatic N) is 1. The molecule has 1 amide bonds. The fraction of sp³-hybridized carbons (Fsp3) is 0.0455. The average Bonchev–Trinajstić information content (AvgIpc) is 3.38. The molecular weight excluding hydrogens is 388 g/mol. The lowest BCUT2D eigenvalue weighted by Gasteiger charge is -2.07. The van der Waals surface area contributed by atoms with E-state index in [0.29, 0.717) is 15.8 Å². The van der Waals surface area contributed by atoms with Gasteiger partial charge in [0.15, 0.2) is 6.61 Å². The number of para-hydroxylation sites is 1. The Morgan fingerprint density at radius 1 is 1.07 bits per heavy atom. The van der Waals surface area contributed by atoms with Gasteiger partial charge in [-0.2, -0.15) is 5.26 Å². The molecule has 142 valence electrons. The van der Waals surface area contributed by atoms with Crippen LogP contribution in [0.3, 0.4) is 0 Å². The largest absolute Gasteiger partial charge is 0.451 e. The highest BCUT2D eigenvalue weighted by Crippen LogP contribution is 2.31. The molecule has 0 aliphatic rings. The molecule has 0 radical (unpaired) electrons. The summed E-state index contributed by atoms with van der Waals surface area (Å²) in [5, 5.41) is 14.2. The van der Waals surface area contributed by atoms with E-state index in [9.17, 15) is 14.9 Å². The van der Waals surface area contributed by atoms with Gasteiger partial charge in [-0.1, -0.05) is 42.5 Å². The van der Waals surface area contributed by atoms with Crippen molar-refractivity contribution in [3.63, 3.8) is 0 Å². The van der Waals surface area contributed by atoms with Crippen LogP contribution in [-0.2, 0) is 9.53 Å². The third-order valence-electron chi connectivity index (χ3n) is 4.23. The summed E-state index contributed by atoms with van der Waals surface area (Å²) in [6, 6.07) is 20.2. The van der Waals surface area contributed by atoms with Crippen LogP contribution in [0.4, 0.5) is 5.69 Å². The van der Waals surface area contributed by atoms with Crippen molar-refractivity contribution in [1.82, 2.24) is 0 Å². The lowest BCUT2D eigenvalue weighted by atomic mass is 10.1.